The van der Waals surface area contributed by atoms with Gasteiger partial charge >= 0.3 is 0 Å². The summed E-state index contributed by atoms with van der Waals surface area (Å²) in [6, 6.07) is 9.99. The van der Waals surface area contributed by atoms with Crippen LogP contribution < -0.4 is 10.6 Å². The summed E-state index contributed by atoms with van der Waals surface area (Å²) in [4.78, 5) is 6.17. The Morgan fingerprint density at radius 3 is 2.43 bits per heavy atom. The maximum absolute atomic E-state index is 13.9. The van der Waals surface area contributed by atoms with Crippen LogP contribution in [0.4, 0.5) is 8.78 Å². The molecular weight excluding hydrogens is 378 g/mol. The van der Waals surface area contributed by atoms with Crippen LogP contribution in [0.15, 0.2) is 41.4 Å². The van der Waals surface area contributed by atoms with Gasteiger partial charge in [0.15, 0.2) is 5.96 Å². The highest BCUT2D eigenvalue weighted by molar-refractivity contribution is 7.97. The van der Waals surface area contributed by atoms with Crippen LogP contribution in [0.25, 0.3) is 0 Å². The van der Waals surface area contributed by atoms with Gasteiger partial charge in [-0.05, 0) is 61.3 Å². The van der Waals surface area contributed by atoms with E-state index in [4.69, 9.17) is 0 Å². The van der Waals surface area contributed by atoms with Crippen LogP contribution in [0.3, 0.4) is 0 Å². The average molecular weight is 407 g/mol. The minimum Gasteiger partial charge on any atom is -0.352 e. The molecule has 2 aromatic carbocycles. The number of aliphatic imine (C=N–C) groups is 1. The predicted octanol–water partition coefficient (Wildman–Crippen LogP) is 3.75. The first-order chi connectivity index (χ1) is 13.4. The first kappa shape index (κ1) is 22.2. The van der Waals surface area contributed by atoms with Gasteiger partial charge in [0, 0.05) is 38.0 Å². The molecule has 2 aromatic rings. The molecule has 0 saturated carbocycles. The Bertz CT molecular complexity index is 809. The van der Waals surface area contributed by atoms with Crippen LogP contribution in [-0.4, -0.2) is 38.3 Å². The van der Waals surface area contributed by atoms with Crippen LogP contribution >= 0.6 is 11.8 Å². The van der Waals surface area contributed by atoms with E-state index in [1.807, 2.05) is 31.3 Å². The van der Waals surface area contributed by atoms with Gasteiger partial charge in [0.1, 0.15) is 11.6 Å². The second-order valence-corrected chi connectivity index (χ2v) is 7.65. The van der Waals surface area contributed by atoms with E-state index in [9.17, 15) is 8.78 Å². The number of nitrogens with zero attached hydrogens (tertiary/aromatic N) is 2. The highest BCUT2D eigenvalue weighted by Gasteiger charge is 2.08. The molecule has 0 heterocycles. The minimum absolute atomic E-state index is 0.197. The van der Waals surface area contributed by atoms with Crippen molar-refractivity contribution in [2.24, 2.45) is 4.99 Å². The highest BCUT2D eigenvalue weighted by atomic mass is 32.2. The topological polar surface area (TPSA) is 39.7 Å². The van der Waals surface area contributed by atoms with Gasteiger partial charge in [0.2, 0.25) is 0 Å². The number of nitrogens with one attached hydrogen (secondary N) is 2. The van der Waals surface area contributed by atoms with Crippen molar-refractivity contribution in [2.45, 2.75) is 25.4 Å². The zero-order chi connectivity index (χ0) is 20.5. The Kier molecular flexibility index (Phi) is 8.73. The summed E-state index contributed by atoms with van der Waals surface area (Å²) in [5.74, 6) is 0.973. The summed E-state index contributed by atoms with van der Waals surface area (Å²) in [6.45, 7) is 1.63. The molecule has 0 amide bonds. The molecule has 0 spiro atoms. The first-order valence-electron chi connectivity index (χ1n) is 9.05. The molecule has 0 unspecified atom stereocenters. The van der Waals surface area contributed by atoms with E-state index in [2.05, 4.69) is 15.6 Å². The van der Waals surface area contributed by atoms with Crippen LogP contribution in [0.5, 0.6) is 0 Å². The smallest absolute Gasteiger partial charge is 0.191 e. The molecule has 2 N–H and O–H groups in total. The molecule has 0 saturated heterocycles. The van der Waals surface area contributed by atoms with E-state index in [-0.39, 0.29) is 11.6 Å². The highest BCUT2D eigenvalue weighted by Crippen LogP contribution is 2.17. The third-order valence-electron chi connectivity index (χ3n) is 4.19. The first-order valence-corrected chi connectivity index (χ1v) is 10.4. The number of hydrogen-bond donors (Lipinski definition) is 2. The number of hydrogen-bond acceptors (Lipinski definition) is 3. The lowest BCUT2D eigenvalue weighted by molar-refractivity contribution is 0.392. The van der Waals surface area contributed by atoms with E-state index in [0.29, 0.717) is 31.2 Å². The van der Waals surface area contributed by atoms with Gasteiger partial charge in [-0.2, -0.15) is 11.8 Å². The van der Waals surface area contributed by atoms with E-state index in [0.717, 1.165) is 22.4 Å². The molecule has 4 nitrogen and oxygen atoms in total. The zero-order valence-electron chi connectivity index (χ0n) is 16.9. The Hall–Kier alpha value is -2.12. The van der Waals surface area contributed by atoms with Crippen LogP contribution in [0, 0.1) is 11.6 Å². The fourth-order valence-electron chi connectivity index (χ4n) is 2.84. The van der Waals surface area contributed by atoms with Crippen molar-refractivity contribution in [3.63, 3.8) is 0 Å². The van der Waals surface area contributed by atoms with E-state index >= 15 is 0 Å². The molecule has 7 heteroatoms. The molecule has 28 heavy (non-hydrogen) atoms. The lowest BCUT2D eigenvalue weighted by Crippen LogP contribution is -2.36. The summed E-state index contributed by atoms with van der Waals surface area (Å²) in [7, 11) is 5.53. The molecular formula is C21H28F2N4S. The predicted molar refractivity (Wildman–Crippen MR) is 114 cm³/mol. The Morgan fingerprint density at radius 1 is 1.00 bits per heavy atom. The third-order valence-corrected chi connectivity index (χ3v) is 4.79. The molecule has 2 rings (SSSR count). The maximum atomic E-state index is 13.9. The maximum Gasteiger partial charge on any atom is 0.191 e. The number of rotatable bonds is 8. The largest absolute Gasteiger partial charge is 0.352 e. The molecule has 0 bridgehead atoms. The van der Waals surface area contributed by atoms with E-state index in [1.165, 1.54) is 12.1 Å². The van der Waals surface area contributed by atoms with Crippen molar-refractivity contribution in [1.29, 1.82) is 0 Å². The molecule has 0 aliphatic carbocycles. The van der Waals surface area contributed by atoms with Gasteiger partial charge in [0.05, 0.1) is 0 Å². The quantitative estimate of drug-likeness (QED) is 0.517. The normalized spacial score (nSPS) is 11.8. The summed E-state index contributed by atoms with van der Waals surface area (Å²) in [6.07, 6.45) is 2.00. The lowest BCUT2D eigenvalue weighted by Gasteiger charge is -2.15. The molecule has 0 radical (unpaired) electrons. The summed E-state index contributed by atoms with van der Waals surface area (Å²) < 4.78 is 27.4. The van der Waals surface area contributed by atoms with E-state index in [1.54, 1.807) is 37.0 Å². The van der Waals surface area contributed by atoms with Gasteiger partial charge in [-0.3, -0.25) is 4.99 Å². The summed E-state index contributed by atoms with van der Waals surface area (Å²) >= 11 is 1.66. The van der Waals surface area contributed by atoms with E-state index < -0.39 is 0 Å². The van der Waals surface area contributed by atoms with Crippen molar-refractivity contribution >= 4 is 17.7 Å². The molecule has 0 atom stereocenters. The number of thioether (sulfide) groups is 1. The van der Waals surface area contributed by atoms with Gasteiger partial charge in [-0.1, -0.05) is 12.1 Å². The molecule has 0 aliphatic rings. The fourth-order valence-corrected chi connectivity index (χ4v) is 3.42. The Morgan fingerprint density at radius 2 is 1.75 bits per heavy atom. The second-order valence-electron chi connectivity index (χ2n) is 6.79. The van der Waals surface area contributed by atoms with Crippen LogP contribution in [-0.2, 0) is 25.4 Å². The molecule has 0 fully saturated rings. The fraction of sp³-hybridized carbons (Fsp3) is 0.381. The van der Waals surface area contributed by atoms with Crippen molar-refractivity contribution in [3.8, 4) is 0 Å². The van der Waals surface area contributed by atoms with Gasteiger partial charge in [-0.15, -0.1) is 0 Å². The Balaban J connectivity index is 1.97. The van der Waals surface area contributed by atoms with Crippen molar-refractivity contribution in [2.75, 3.05) is 27.4 Å². The Labute approximate surface area is 170 Å². The van der Waals surface area contributed by atoms with Gasteiger partial charge in [-0.25, -0.2) is 8.78 Å². The zero-order valence-corrected chi connectivity index (χ0v) is 17.7. The SMILES string of the molecule is CN=C(NCc1ccc(F)c(CN(C)C)c1)NCc1ccc(F)cc1CSC. The van der Waals surface area contributed by atoms with Crippen LogP contribution in [0.1, 0.15) is 22.3 Å². The van der Waals surface area contributed by atoms with Crippen molar-refractivity contribution in [1.82, 2.24) is 15.5 Å². The second kappa shape index (κ2) is 11.0. The standard InChI is InChI=1S/C21H28F2N4S/c1-24-21(26-12-16-6-7-19(22)10-18(16)14-28-4)25-11-15-5-8-20(23)17(9-15)13-27(2)3/h5-10H,11-14H2,1-4H3,(H2,24,25,26). The van der Waals surface area contributed by atoms with Gasteiger partial charge in [0.25, 0.3) is 0 Å². The third kappa shape index (κ3) is 6.80. The number of guanidine groups is 1. The number of benzene rings is 2. The molecule has 152 valence electrons. The summed E-state index contributed by atoms with van der Waals surface area (Å²) in [5.41, 5.74) is 3.65. The summed E-state index contributed by atoms with van der Waals surface area (Å²) in [5, 5.41) is 6.50. The molecule has 0 aromatic heterocycles. The van der Waals surface area contributed by atoms with Crippen molar-refractivity contribution in [3.05, 3.63) is 70.3 Å². The lowest BCUT2D eigenvalue weighted by atomic mass is 10.1. The van der Waals surface area contributed by atoms with Crippen LogP contribution in [0.2, 0.25) is 0 Å². The molecule has 0 aliphatic heterocycles. The monoisotopic (exact) mass is 406 g/mol. The minimum atomic E-state index is -0.222. The average Bonchev–Trinajstić information content (AvgIpc) is 2.65. The van der Waals surface area contributed by atoms with Crippen molar-refractivity contribution < 1.29 is 8.78 Å². The number of halogens is 2. The van der Waals surface area contributed by atoms with Gasteiger partial charge < -0.3 is 15.5 Å².